The molecule has 0 unspecified atom stereocenters. The van der Waals surface area contributed by atoms with E-state index in [2.05, 4.69) is 29.9 Å². The first-order valence-electron chi connectivity index (χ1n) is 8.76. The van der Waals surface area contributed by atoms with Crippen LogP contribution in [0.15, 0.2) is 30.6 Å². The van der Waals surface area contributed by atoms with Crippen molar-refractivity contribution in [2.45, 2.75) is 20.8 Å². The van der Waals surface area contributed by atoms with Gasteiger partial charge < -0.3 is 9.80 Å². The van der Waals surface area contributed by atoms with Gasteiger partial charge >= 0.3 is 0 Å². The monoisotopic (exact) mass is 350 g/mol. The van der Waals surface area contributed by atoms with Crippen LogP contribution in [-0.2, 0) is 0 Å². The lowest BCUT2D eigenvalue weighted by Gasteiger charge is -2.35. The Kier molecular flexibility index (Phi) is 4.24. The molecule has 0 amide bonds. The zero-order chi connectivity index (χ0) is 18.1. The van der Waals surface area contributed by atoms with Crippen molar-refractivity contribution in [2.24, 2.45) is 0 Å². The SMILES string of the molecule is Cc1cc(N2CCN(c3ncccn3)CC2)nc(-n2nc(C)cc2C)n1. The largest absolute Gasteiger partial charge is 0.353 e. The summed E-state index contributed by atoms with van der Waals surface area (Å²) in [5, 5.41) is 4.51. The van der Waals surface area contributed by atoms with Gasteiger partial charge in [0.1, 0.15) is 5.82 Å². The second-order valence-corrected chi connectivity index (χ2v) is 6.53. The van der Waals surface area contributed by atoms with Gasteiger partial charge in [-0.3, -0.25) is 0 Å². The standard InChI is InChI=1S/C18H22N8/c1-13-12-16(22-18(21-13)26-15(3)11-14(2)23-26)24-7-9-25(10-8-24)17-19-5-4-6-20-17/h4-6,11-12H,7-10H2,1-3H3. The predicted octanol–water partition coefficient (Wildman–Crippen LogP) is 1.70. The van der Waals surface area contributed by atoms with Crippen molar-refractivity contribution in [3.63, 3.8) is 0 Å². The van der Waals surface area contributed by atoms with Crippen LogP contribution in [0.5, 0.6) is 0 Å². The van der Waals surface area contributed by atoms with Crippen molar-refractivity contribution in [1.82, 2.24) is 29.7 Å². The van der Waals surface area contributed by atoms with Crippen molar-refractivity contribution in [3.8, 4) is 5.95 Å². The third kappa shape index (κ3) is 3.22. The summed E-state index contributed by atoms with van der Waals surface area (Å²) in [5.74, 6) is 2.35. The van der Waals surface area contributed by atoms with E-state index >= 15 is 0 Å². The molecule has 4 heterocycles. The number of hydrogen-bond donors (Lipinski definition) is 0. The molecule has 134 valence electrons. The molecule has 0 radical (unpaired) electrons. The first-order valence-corrected chi connectivity index (χ1v) is 8.76. The van der Waals surface area contributed by atoms with E-state index in [9.17, 15) is 0 Å². The summed E-state index contributed by atoms with van der Waals surface area (Å²) in [6, 6.07) is 5.90. The van der Waals surface area contributed by atoms with Gasteiger partial charge in [-0.05, 0) is 32.9 Å². The summed E-state index contributed by atoms with van der Waals surface area (Å²) in [4.78, 5) is 22.5. The van der Waals surface area contributed by atoms with Gasteiger partial charge in [0.05, 0.1) is 5.69 Å². The first kappa shape index (κ1) is 16.4. The zero-order valence-corrected chi connectivity index (χ0v) is 15.3. The zero-order valence-electron chi connectivity index (χ0n) is 15.3. The minimum Gasteiger partial charge on any atom is -0.353 e. The van der Waals surface area contributed by atoms with E-state index in [1.807, 2.05) is 39.0 Å². The molecular formula is C18H22N8. The molecule has 0 aromatic carbocycles. The molecule has 1 saturated heterocycles. The Morgan fingerprint density at radius 1 is 0.769 bits per heavy atom. The molecule has 3 aromatic rings. The van der Waals surface area contributed by atoms with Crippen molar-refractivity contribution < 1.29 is 0 Å². The van der Waals surface area contributed by atoms with Gasteiger partial charge in [0.2, 0.25) is 5.95 Å². The fourth-order valence-electron chi connectivity index (χ4n) is 3.21. The van der Waals surface area contributed by atoms with Crippen LogP contribution in [0.4, 0.5) is 11.8 Å². The second kappa shape index (κ2) is 6.70. The van der Waals surface area contributed by atoms with E-state index in [0.717, 1.165) is 55.0 Å². The lowest BCUT2D eigenvalue weighted by Crippen LogP contribution is -2.47. The Morgan fingerprint density at radius 2 is 1.46 bits per heavy atom. The summed E-state index contributed by atoms with van der Waals surface area (Å²) in [5.41, 5.74) is 2.93. The number of aryl methyl sites for hydroxylation is 3. The van der Waals surface area contributed by atoms with Crippen LogP contribution in [0.25, 0.3) is 5.95 Å². The molecule has 0 aliphatic carbocycles. The quantitative estimate of drug-likeness (QED) is 0.711. The molecule has 4 rings (SSSR count). The maximum atomic E-state index is 4.76. The Hall–Kier alpha value is -3.03. The highest BCUT2D eigenvalue weighted by atomic mass is 15.4. The maximum Gasteiger partial charge on any atom is 0.252 e. The normalized spacial score (nSPS) is 14.7. The van der Waals surface area contributed by atoms with Crippen LogP contribution >= 0.6 is 0 Å². The first-order chi connectivity index (χ1) is 12.6. The number of aromatic nitrogens is 6. The average Bonchev–Trinajstić information content (AvgIpc) is 3.00. The smallest absolute Gasteiger partial charge is 0.252 e. The van der Waals surface area contributed by atoms with E-state index < -0.39 is 0 Å². The van der Waals surface area contributed by atoms with E-state index in [1.54, 1.807) is 17.1 Å². The van der Waals surface area contributed by atoms with Gasteiger partial charge in [0.15, 0.2) is 0 Å². The van der Waals surface area contributed by atoms with Crippen LogP contribution in [0.1, 0.15) is 17.1 Å². The van der Waals surface area contributed by atoms with Crippen molar-refractivity contribution in [3.05, 3.63) is 47.7 Å². The number of nitrogens with zero attached hydrogens (tertiary/aromatic N) is 8. The molecule has 0 atom stereocenters. The van der Waals surface area contributed by atoms with Gasteiger partial charge in [-0.2, -0.15) is 10.1 Å². The van der Waals surface area contributed by atoms with Crippen LogP contribution < -0.4 is 9.80 Å². The molecule has 3 aromatic heterocycles. The Morgan fingerprint density at radius 3 is 2.12 bits per heavy atom. The summed E-state index contributed by atoms with van der Waals surface area (Å²) >= 11 is 0. The van der Waals surface area contributed by atoms with E-state index in [4.69, 9.17) is 4.98 Å². The summed E-state index contributed by atoms with van der Waals surface area (Å²) in [6.07, 6.45) is 3.56. The predicted molar refractivity (Wildman–Crippen MR) is 99.8 cm³/mol. The van der Waals surface area contributed by atoms with Crippen molar-refractivity contribution in [2.75, 3.05) is 36.0 Å². The molecule has 8 heteroatoms. The average molecular weight is 350 g/mol. The number of hydrogen-bond acceptors (Lipinski definition) is 7. The van der Waals surface area contributed by atoms with Gasteiger partial charge in [-0.1, -0.05) is 0 Å². The van der Waals surface area contributed by atoms with Crippen molar-refractivity contribution >= 4 is 11.8 Å². The Balaban J connectivity index is 1.55. The second-order valence-electron chi connectivity index (χ2n) is 6.53. The molecule has 0 spiro atoms. The number of piperazine rings is 1. The molecular weight excluding hydrogens is 328 g/mol. The van der Waals surface area contributed by atoms with E-state index in [0.29, 0.717) is 5.95 Å². The molecule has 26 heavy (non-hydrogen) atoms. The highest BCUT2D eigenvalue weighted by Gasteiger charge is 2.21. The highest BCUT2D eigenvalue weighted by molar-refractivity contribution is 5.45. The molecule has 8 nitrogen and oxygen atoms in total. The van der Waals surface area contributed by atoms with Crippen LogP contribution in [-0.4, -0.2) is 55.9 Å². The molecule has 0 N–H and O–H groups in total. The fraction of sp³-hybridized carbons (Fsp3) is 0.389. The molecule has 1 aliphatic heterocycles. The minimum atomic E-state index is 0.624. The molecule has 0 bridgehead atoms. The Bertz CT molecular complexity index is 897. The van der Waals surface area contributed by atoms with Crippen LogP contribution in [0.3, 0.4) is 0 Å². The van der Waals surface area contributed by atoms with Gasteiger partial charge in [0, 0.05) is 56.0 Å². The third-order valence-corrected chi connectivity index (χ3v) is 4.47. The van der Waals surface area contributed by atoms with Crippen molar-refractivity contribution in [1.29, 1.82) is 0 Å². The summed E-state index contributed by atoms with van der Waals surface area (Å²) in [7, 11) is 0. The topological polar surface area (TPSA) is 75.9 Å². The lowest BCUT2D eigenvalue weighted by atomic mass is 10.3. The fourth-order valence-corrected chi connectivity index (χ4v) is 3.21. The Labute approximate surface area is 152 Å². The maximum absolute atomic E-state index is 4.76. The summed E-state index contributed by atoms with van der Waals surface area (Å²) in [6.45, 7) is 9.45. The highest BCUT2D eigenvalue weighted by Crippen LogP contribution is 2.19. The molecule has 1 aliphatic rings. The van der Waals surface area contributed by atoms with Crippen LogP contribution in [0.2, 0.25) is 0 Å². The van der Waals surface area contributed by atoms with E-state index in [-0.39, 0.29) is 0 Å². The molecule has 1 fully saturated rings. The van der Waals surface area contributed by atoms with Crippen LogP contribution in [0, 0.1) is 20.8 Å². The van der Waals surface area contributed by atoms with Gasteiger partial charge in [-0.25, -0.2) is 19.6 Å². The number of anilines is 2. The summed E-state index contributed by atoms with van der Waals surface area (Å²) < 4.78 is 1.81. The lowest BCUT2D eigenvalue weighted by molar-refractivity contribution is 0.631. The van der Waals surface area contributed by atoms with Gasteiger partial charge in [-0.15, -0.1) is 0 Å². The third-order valence-electron chi connectivity index (χ3n) is 4.47. The van der Waals surface area contributed by atoms with E-state index in [1.165, 1.54) is 0 Å². The number of rotatable bonds is 3. The minimum absolute atomic E-state index is 0.624. The van der Waals surface area contributed by atoms with Gasteiger partial charge in [0.25, 0.3) is 5.95 Å². The molecule has 0 saturated carbocycles.